The summed E-state index contributed by atoms with van der Waals surface area (Å²) < 4.78 is 1.66. The van der Waals surface area contributed by atoms with Crippen LogP contribution in [0.4, 0.5) is 5.95 Å². The van der Waals surface area contributed by atoms with E-state index in [0.717, 1.165) is 49.1 Å². The Bertz CT molecular complexity index is 1010. The third kappa shape index (κ3) is 4.36. The van der Waals surface area contributed by atoms with Gasteiger partial charge in [0.2, 0.25) is 11.9 Å². The van der Waals surface area contributed by atoms with Crippen LogP contribution in [0, 0.1) is 5.92 Å². The first-order valence-electron chi connectivity index (χ1n) is 10.6. The third-order valence-electron chi connectivity index (χ3n) is 5.71. The number of nitrogens with zero attached hydrogens (tertiary/aromatic N) is 6. The van der Waals surface area contributed by atoms with E-state index in [1.165, 1.54) is 0 Å². The zero-order chi connectivity index (χ0) is 21.1. The fourth-order valence-corrected chi connectivity index (χ4v) is 3.81. The number of nitrogens with one attached hydrogen (secondary N) is 2. The van der Waals surface area contributed by atoms with Crippen molar-refractivity contribution in [2.24, 2.45) is 5.92 Å². The predicted octanol–water partition coefficient (Wildman–Crippen LogP) is 1.08. The molecule has 160 valence electrons. The second-order valence-electron chi connectivity index (χ2n) is 8.29. The molecule has 3 heterocycles. The van der Waals surface area contributed by atoms with Crippen molar-refractivity contribution in [1.82, 2.24) is 34.9 Å². The van der Waals surface area contributed by atoms with Crippen LogP contribution >= 0.6 is 0 Å². The Morgan fingerprint density at radius 2 is 1.93 bits per heavy atom. The van der Waals surface area contributed by atoms with Crippen LogP contribution in [0.1, 0.15) is 13.8 Å². The molecule has 1 aliphatic heterocycles. The van der Waals surface area contributed by atoms with E-state index in [1.807, 2.05) is 38.1 Å². The van der Waals surface area contributed by atoms with Crippen molar-refractivity contribution in [3.8, 4) is 0 Å². The van der Waals surface area contributed by atoms with Crippen LogP contribution in [-0.4, -0.2) is 87.9 Å². The predicted molar refractivity (Wildman–Crippen MR) is 117 cm³/mol. The molecule has 1 fully saturated rings. The van der Waals surface area contributed by atoms with E-state index in [-0.39, 0.29) is 11.8 Å². The maximum atomic E-state index is 12.9. The van der Waals surface area contributed by atoms with Gasteiger partial charge in [-0.25, -0.2) is 4.98 Å². The van der Waals surface area contributed by atoms with Gasteiger partial charge in [0.05, 0.1) is 17.2 Å². The van der Waals surface area contributed by atoms with Gasteiger partial charge in [-0.3, -0.25) is 9.69 Å². The fraction of sp³-hybridized carbons (Fsp3) is 0.524. The number of rotatable bonds is 7. The number of fused-ring (bicyclic) bond motifs is 3. The maximum absolute atomic E-state index is 12.9. The van der Waals surface area contributed by atoms with Crippen LogP contribution < -0.4 is 10.6 Å². The first kappa shape index (κ1) is 20.5. The number of carbonyl (C=O) groups excluding carboxylic acids is 1. The van der Waals surface area contributed by atoms with Crippen LogP contribution in [-0.2, 0) is 4.79 Å². The van der Waals surface area contributed by atoms with Gasteiger partial charge < -0.3 is 15.5 Å². The molecule has 1 amide bonds. The summed E-state index contributed by atoms with van der Waals surface area (Å²) in [6.45, 7) is 9.79. The van der Waals surface area contributed by atoms with E-state index in [4.69, 9.17) is 4.98 Å². The summed E-state index contributed by atoms with van der Waals surface area (Å²) in [5.41, 5.74) is 1.70. The lowest BCUT2D eigenvalue weighted by Gasteiger charge is -2.32. The Hall–Kier alpha value is -2.78. The van der Waals surface area contributed by atoms with Gasteiger partial charge in [0.15, 0.2) is 0 Å². The zero-order valence-corrected chi connectivity index (χ0v) is 17.9. The molecule has 2 aromatic heterocycles. The van der Waals surface area contributed by atoms with Crippen LogP contribution in [0.15, 0.2) is 30.5 Å². The number of hydrogen-bond acceptors (Lipinski definition) is 7. The summed E-state index contributed by atoms with van der Waals surface area (Å²) in [5.74, 6) is 0.581. The first-order chi connectivity index (χ1) is 14.5. The van der Waals surface area contributed by atoms with Crippen molar-refractivity contribution in [2.45, 2.75) is 19.9 Å². The molecule has 0 saturated carbocycles. The average molecular weight is 411 g/mol. The second kappa shape index (κ2) is 8.93. The molecule has 3 aromatic rings. The third-order valence-corrected chi connectivity index (χ3v) is 5.71. The molecule has 1 atom stereocenters. The largest absolute Gasteiger partial charge is 0.353 e. The lowest BCUT2D eigenvalue weighted by atomic mass is 10.0. The van der Waals surface area contributed by atoms with Crippen molar-refractivity contribution < 1.29 is 4.79 Å². The van der Waals surface area contributed by atoms with Crippen molar-refractivity contribution in [3.05, 3.63) is 30.5 Å². The normalized spacial score (nSPS) is 16.9. The zero-order valence-electron chi connectivity index (χ0n) is 17.9. The number of amides is 1. The number of hydrogen-bond donors (Lipinski definition) is 2. The molecule has 0 radical (unpaired) electrons. The molecule has 30 heavy (non-hydrogen) atoms. The van der Waals surface area contributed by atoms with Crippen molar-refractivity contribution in [3.63, 3.8) is 0 Å². The maximum Gasteiger partial charge on any atom is 0.242 e. The van der Waals surface area contributed by atoms with Gasteiger partial charge in [0.1, 0.15) is 6.04 Å². The highest BCUT2D eigenvalue weighted by molar-refractivity contribution is 5.94. The Balaban J connectivity index is 1.45. The number of likely N-dealkylation sites (N-methyl/N-ethyl adjacent to an activating group) is 1. The van der Waals surface area contributed by atoms with Crippen LogP contribution in [0.25, 0.3) is 16.4 Å². The van der Waals surface area contributed by atoms with Gasteiger partial charge in [-0.2, -0.15) is 4.52 Å². The quantitative estimate of drug-likeness (QED) is 0.602. The minimum Gasteiger partial charge on any atom is -0.353 e. The molecule has 4 rings (SSSR count). The molecule has 1 saturated heterocycles. The van der Waals surface area contributed by atoms with Gasteiger partial charge in [0.25, 0.3) is 0 Å². The molecule has 9 nitrogen and oxygen atoms in total. The van der Waals surface area contributed by atoms with E-state index in [0.29, 0.717) is 12.5 Å². The molecule has 2 N–H and O–H groups in total. The molecule has 1 aromatic carbocycles. The van der Waals surface area contributed by atoms with Gasteiger partial charge in [-0.1, -0.05) is 37.3 Å². The number of anilines is 1. The second-order valence-corrected chi connectivity index (χ2v) is 8.29. The first-order valence-corrected chi connectivity index (χ1v) is 10.6. The highest BCUT2D eigenvalue weighted by atomic mass is 16.2. The molecule has 0 spiro atoms. The Kier molecular flexibility index (Phi) is 6.10. The van der Waals surface area contributed by atoms with Gasteiger partial charge in [0, 0.05) is 44.7 Å². The van der Waals surface area contributed by atoms with E-state index >= 15 is 0 Å². The molecule has 0 aliphatic carbocycles. The minimum atomic E-state index is -0.418. The Labute approximate surface area is 176 Å². The van der Waals surface area contributed by atoms with Gasteiger partial charge in [-0.15, -0.1) is 5.10 Å². The number of aromatic nitrogens is 4. The Morgan fingerprint density at radius 3 is 2.70 bits per heavy atom. The monoisotopic (exact) mass is 410 g/mol. The summed E-state index contributed by atoms with van der Waals surface area (Å²) in [4.78, 5) is 22.4. The lowest BCUT2D eigenvalue weighted by molar-refractivity contribution is -0.122. The fourth-order valence-electron chi connectivity index (χ4n) is 3.81. The topological polar surface area (TPSA) is 90.7 Å². The van der Waals surface area contributed by atoms with E-state index in [1.54, 1.807) is 10.7 Å². The molecular formula is C21H30N8O. The average Bonchev–Trinajstić information content (AvgIpc) is 3.23. The Morgan fingerprint density at radius 1 is 1.17 bits per heavy atom. The van der Waals surface area contributed by atoms with Crippen molar-refractivity contribution >= 4 is 28.3 Å². The van der Waals surface area contributed by atoms with Crippen molar-refractivity contribution in [2.75, 3.05) is 51.6 Å². The molecule has 1 aliphatic rings. The minimum absolute atomic E-state index is 0.0256. The van der Waals surface area contributed by atoms with Crippen molar-refractivity contribution in [1.29, 1.82) is 0 Å². The smallest absolute Gasteiger partial charge is 0.242 e. The molecule has 0 unspecified atom stereocenters. The number of carbonyl (C=O) groups is 1. The number of piperazine rings is 1. The van der Waals surface area contributed by atoms with Gasteiger partial charge >= 0.3 is 0 Å². The summed E-state index contributed by atoms with van der Waals surface area (Å²) in [5, 5.41) is 15.6. The standard InChI is InChI=1S/C21H30N8O/c1-15(2)19(20(30)22-8-9-28-12-10-27(3)11-13-28)25-21-24-17-7-5-4-6-16(17)18-14-23-26-29(18)21/h4-7,14-15,19H,8-13H2,1-3H3,(H,22,30)(H,24,25)/t19-/m1/s1. The summed E-state index contributed by atoms with van der Waals surface area (Å²) in [6, 6.07) is 7.45. The lowest BCUT2D eigenvalue weighted by Crippen LogP contribution is -2.49. The molecule has 9 heteroatoms. The highest BCUT2D eigenvalue weighted by Gasteiger charge is 2.24. The summed E-state index contributed by atoms with van der Waals surface area (Å²) in [6.07, 6.45) is 1.72. The number of para-hydroxylation sites is 1. The van der Waals surface area contributed by atoms with Crippen LogP contribution in [0.5, 0.6) is 0 Å². The van der Waals surface area contributed by atoms with E-state index in [2.05, 4.69) is 37.8 Å². The summed E-state index contributed by atoms with van der Waals surface area (Å²) in [7, 11) is 2.14. The van der Waals surface area contributed by atoms with Crippen LogP contribution in [0.3, 0.4) is 0 Å². The number of benzene rings is 1. The van der Waals surface area contributed by atoms with E-state index < -0.39 is 6.04 Å². The molecular weight excluding hydrogens is 380 g/mol. The SMILES string of the molecule is CC(C)[C@@H](Nc1nc2ccccc2c2cnnn12)C(=O)NCCN1CCN(C)CC1. The molecule has 0 bridgehead atoms. The van der Waals surface area contributed by atoms with E-state index in [9.17, 15) is 4.79 Å². The summed E-state index contributed by atoms with van der Waals surface area (Å²) >= 11 is 0. The van der Waals surface area contributed by atoms with Crippen LogP contribution in [0.2, 0.25) is 0 Å². The van der Waals surface area contributed by atoms with Gasteiger partial charge in [-0.05, 0) is 19.0 Å². The highest BCUT2D eigenvalue weighted by Crippen LogP contribution is 2.21.